The molecule has 26 heavy (non-hydrogen) atoms. The molecule has 2 atom stereocenters. The van der Waals surface area contributed by atoms with Gasteiger partial charge in [0.15, 0.2) is 0 Å². The van der Waals surface area contributed by atoms with Crippen LogP contribution in [0.25, 0.3) is 0 Å². The van der Waals surface area contributed by atoms with Gasteiger partial charge in [0.25, 0.3) is 0 Å². The summed E-state index contributed by atoms with van der Waals surface area (Å²) in [6, 6.07) is 10.0. The molecule has 0 radical (unpaired) electrons. The highest BCUT2D eigenvalue weighted by Gasteiger charge is 2.29. The lowest BCUT2D eigenvalue weighted by Gasteiger charge is -2.25. The zero-order valence-corrected chi connectivity index (χ0v) is 15.8. The molecule has 1 heterocycles. The van der Waals surface area contributed by atoms with E-state index in [0.29, 0.717) is 12.1 Å². The Bertz CT molecular complexity index is 737. The second-order valence-corrected chi connectivity index (χ2v) is 7.77. The highest BCUT2D eigenvalue weighted by atomic mass is 16.3. The van der Waals surface area contributed by atoms with Crippen LogP contribution in [0.2, 0.25) is 0 Å². The summed E-state index contributed by atoms with van der Waals surface area (Å²) >= 11 is 0. The largest absolute Gasteiger partial charge is 0.383 e. The molecule has 1 amide bonds. The summed E-state index contributed by atoms with van der Waals surface area (Å²) in [5.41, 5.74) is 0.368. The van der Waals surface area contributed by atoms with Gasteiger partial charge in [-0.1, -0.05) is 48.4 Å². The van der Waals surface area contributed by atoms with Gasteiger partial charge in [0.1, 0.15) is 17.8 Å². The number of rotatable bonds is 8. The Balaban J connectivity index is 1.60. The van der Waals surface area contributed by atoms with Crippen molar-refractivity contribution >= 4 is 5.91 Å². The normalized spacial score (nSPS) is 17.5. The number of hydrogen-bond donors (Lipinski definition) is 1. The molecule has 1 N–H and O–H groups in total. The van der Waals surface area contributed by atoms with Crippen LogP contribution < -0.4 is 0 Å². The van der Waals surface area contributed by atoms with Crippen LogP contribution in [0.15, 0.2) is 36.5 Å². The maximum atomic E-state index is 12.5. The number of nitrogens with zero attached hydrogens (tertiary/aromatic N) is 4. The van der Waals surface area contributed by atoms with Crippen molar-refractivity contribution in [1.82, 2.24) is 19.9 Å². The van der Waals surface area contributed by atoms with Crippen LogP contribution >= 0.6 is 0 Å². The molecule has 1 aromatic carbocycles. The third-order valence-electron chi connectivity index (χ3n) is 5.20. The number of carbonyl (C=O) groups excluding carboxylic acids is 1. The van der Waals surface area contributed by atoms with Crippen molar-refractivity contribution < 1.29 is 9.90 Å². The molecule has 2 unspecified atom stereocenters. The van der Waals surface area contributed by atoms with Gasteiger partial charge in [-0.2, -0.15) is 0 Å². The molecule has 1 aliphatic rings. The number of hydrogen-bond acceptors (Lipinski definition) is 4. The first kappa shape index (κ1) is 18.6. The molecule has 3 rings (SSSR count). The summed E-state index contributed by atoms with van der Waals surface area (Å²) < 4.78 is 1.51. The molecule has 6 heteroatoms. The smallest absolute Gasteiger partial charge is 0.244 e. The van der Waals surface area contributed by atoms with Gasteiger partial charge in [-0.05, 0) is 31.7 Å². The molecule has 0 spiro atoms. The number of aromatic nitrogens is 3. The van der Waals surface area contributed by atoms with Crippen molar-refractivity contribution in [2.75, 3.05) is 7.05 Å². The monoisotopic (exact) mass is 356 g/mol. The van der Waals surface area contributed by atoms with E-state index in [1.807, 2.05) is 37.4 Å². The Morgan fingerprint density at radius 3 is 2.73 bits per heavy atom. The van der Waals surface area contributed by atoms with Crippen LogP contribution in [0.3, 0.4) is 0 Å². The van der Waals surface area contributed by atoms with Crippen LogP contribution in [-0.4, -0.2) is 44.0 Å². The standard InChI is InChI=1S/C20H28N4O2/c1-15(11-16-9-10-16)23(3)19(25)14-24-13-18(21-22-24)20(2,26)12-17-7-5-4-6-8-17/h4-8,13,15-16,26H,9-12,14H2,1-3H3. The molecule has 0 saturated heterocycles. The van der Waals surface area contributed by atoms with Crippen LogP contribution in [0, 0.1) is 5.92 Å². The lowest BCUT2D eigenvalue weighted by molar-refractivity contribution is -0.132. The van der Waals surface area contributed by atoms with E-state index in [-0.39, 0.29) is 18.5 Å². The highest BCUT2D eigenvalue weighted by molar-refractivity contribution is 5.75. The fraction of sp³-hybridized carbons (Fsp3) is 0.550. The van der Waals surface area contributed by atoms with Gasteiger partial charge < -0.3 is 10.0 Å². The maximum absolute atomic E-state index is 12.5. The van der Waals surface area contributed by atoms with Crippen molar-refractivity contribution in [2.45, 2.75) is 57.7 Å². The molecule has 6 nitrogen and oxygen atoms in total. The Kier molecular flexibility index (Phi) is 5.41. The molecule has 1 aromatic heterocycles. The zero-order valence-electron chi connectivity index (χ0n) is 15.8. The van der Waals surface area contributed by atoms with E-state index in [9.17, 15) is 9.90 Å². The first-order valence-corrected chi connectivity index (χ1v) is 9.28. The van der Waals surface area contributed by atoms with Crippen molar-refractivity contribution in [2.24, 2.45) is 5.92 Å². The van der Waals surface area contributed by atoms with Crippen LogP contribution in [-0.2, 0) is 23.4 Å². The van der Waals surface area contributed by atoms with Crippen LogP contribution in [0.4, 0.5) is 0 Å². The van der Waals surface area contributed by atoms with Gasteiger partial charge in [0.2, 0.25) is 5.91 Å². The van der Waals surface area contributed by atoms with Crippen molar-refractivity contribution in [3.05, 3.63) is 47.8 Å². The lowest BCUT2D eigenvalue weighted by atomic mass is 9.94. The van der Waals surface area contributed by atoms with Crippen molar-refractivity contribution in [1.29, 1.82) is 0 Å². The minimum atomic E-state index is -1.13. The van der Waals surface area contributed by atoms with Crippen molar-refractivity contribution in [3.63, 3.8) is 0 Å². The number of carbonyl (C=O) groups is 1. The molecule has 1 saturated carbocycles. The van der Waals surface area contributed by atoms with E-state index in [2.05, 4.69) is 17.2 Å². The number of amides is 1. The van der Waals surface area contributed by atoms with Gasteiger partial charge in [0, 0.05) is 19.5 Å². The van der Waals surface area contributed by atoms with Gasteiger partial charge in [0.05, 0.1) is 6.20 Å². The van der Waals surface area contributed by atoms with Crippen LogP contribution in [0.5, 0.6) is 0 Å². The molecule has 1 aliphatic carbocycles. The molecule has 2 aromatic rings. The van der Waals surface area contributed by atoms with Crippen LogP contribution in [0.1, 0.15) is 44.4 Å². The molecule has 140 valence electrons. The summed E-state index contributed by atoms with van der Waals surface area (Å²) in [6.45, 7) is 3.95. The third-order valence-corrected chi connectivity index (χ3v) is 5.20. The van der Waals surface area contributed by atoms with Gasteiger partial charge in [-0.3, -0.25) is 4.79 Å². The maximum Gasteiger partial charge on any atom is 0.244 e. The zero-order chi connectivity index (χ0) is 18.7. The highest BCUT2D eigenvalue weighted by Crippen LogP contribution is 2.34. The topological polar surface area (TPSA) is 71.2 Å². The first-order valence-electron chi connectivity index (χ1n) is 9.28. The average Bonchev–Trinajstić information content (AvgIpc) is 3.28. The van der Waals surface area contributed by atoms with E-state index in [1.165, 1.54) is 17.5 Å². The lowest BCUT2D eigenvalue weighted by Crippen LogP contribution is -2.37. The van der Waals surface area contributed by atoms with Gasteiger partial charge >= 0.3 is 0 Å². The Morgan fingerprint density at radius 2 is 2.08 bits per heavy atom. The molecule has 0 aliphatic heterocycles. The predicted octanol–water partition coefficient (Wildman–Crippen LogP) is 2.38. The fourth-order valence-electron chi connectivity index (χ4n) is 3.20. The van der Waals surface area contributed by atoms with E-state index >= 15 is 0 Å². The van der Waals surface area contributed by atoms with E-state index in [1.54, 1.807) is 18.0 Å². The molecule has 1 fully saturated rings. The van der Waals surface area contributed by atoms with E-state index in [4.69, 9.17) is 0 Å². The molecular formula is C20H28N4O2. The van der Waals surface area contributed by atoms with Crippen molar-refractivity contribution in [3.8, 4) is 0 Å². The van der Waals surface area contributed by atoms with E-state index < -0.39 is 5.60 Å². The van der Waals surface area contributed by atoms with Gasteiger partial charge in [-0.15, -0.1) is 5.10 Å². The predicted molar refractivity (Wildman–Crippen MR) is 99.3 cm³/mol. The average molecular weight is 356 g/mol. The summed E-state index contributed by atoms with van der Waals surface area (Å²) in [7, 11) is 1.85. The number of likely N-dealkylation sites (N-methyl/N-ethyl adjacent to an activating group) is 1. The van der Waals surface area contributed by atoms with Gasteiger partial charge in [-0.25, -0.2) is 4.68 Å². The minimum absolute atomic E-state index is 0.0114. The first-order chi connectivity index (χ1) is 12.3. The third kappa shape index (κ3) is 4.69. The minimum Gasteiger partial charge on any atom is -0.383 e. The summed E-state index contributed by atoms with van der Waals surface area (Å²) in [6.07, 6.45) is 5.75. The Hall–Kier alpha value is -2.21. The second kappa shape index (κ2) is 7.58. The Morgan fingerprint density at radius 1 is 1.38 bits per heavy atom. The summed E-state index contributed by atoms with van der Waals surface area (Å²) in [4.78, 5) is 14.3. The molecule has 0 bridgehead atoms. The summed E-state index contributed by atoms with van der Waals surface area (Å²) in [5.74, 6) is 0.795. The molecular weight excluding hydrogens is 328 g/mol. The van der Waals surface area contributed by atoms with E-state index in [0.717, 1.165) is 17.9 Å². The number of benzene rings is 1. The summed E-state index contributed by atoms with van der Waals surface area (Å²) in [5, 5.41) is 18.9. The SMILES string of the molecule is CC(CC1CC1)N(C)C(=O)Cn1cc(C(C)(O)Cc2ccccc2)nn1. The fourth-order valence-corrected chi connectivity index (χ4v) is 3.20. The Labute approximate surface area is 154 Å². The quantitative estimate of drug-likeness (QED) is 0.788. The second-order valence-electron chi connectivity index (χ2n) is 7.77. The number of aliphatic hydroxyl groups is 1.